The molecule has 1 atom stereocenters. The number of nitrogens with one attached hydrogen (secondary N) is 2. The minimum Gasteiger partial charge on any atom is -0.444 e. The summed E-state index contributed by atoms with van der Waals surface area (Å²) in [5.41, 5.74) is 0.920. The van der Waals surface area contributed by atoms with Crippen molar-refractivity contribution < 1.29 is 24.0 Å². The first-order valence-corrected chi connectivity index (χ1v) is 12.9. The van der Waals surface area contributed by atoms with Crippen molar-refractivity contribution in [1.29, 1.82) is 0 Å². The van der Waals surface area contributed by atoms with Gasteiger partial charge in [-0.1, -0.05) is 91.0 Å². The third kappa shape index (κ3) is 7.67. The van der Waals surface area contributed by atoms with Crippen LogP contribution in [0.3, 0.4) is 0 Å². The van der Waals surface area contributed by atoms with E-state index in [1.807, 2.05) is 91.0 Å². The third-order valence-corrected chi connectivity index (χ3v) is 6.18. The number of hydroxylamine groups is 2. The summed E-state index contributed by atoms with van der Waals surface area (Å²) < 4.78 is 5.33. The van der Waals surface area contributed by atoms with Crippen LogP contribution in [0.15, 0.2) is 91.0 Å². The summed E-state index contributed by atoms with van der Waals surface area (Å²) in [4.78, 5) is 44.1. The highest BCUT2D eigenvalue weighted by Gasteiger charge is 2.38. The number of amides is 3. The number of hydrogen-bond acceptors (Lipinski definition) is 5. The molecule has 206 valence electrons. The number of carbonyl (C=O) groups is 3. The van der Waals surface area contributed by atoms with Gasteiger partial charge in [0.15, 0.2) is 0 Å². The molecule has 39 heavy (non-hydrogen) atoms. The quantitative estimate of drug-likeness (QED) is 0.290. The molecule has 3 aromatic carbocycles. The summed E-state index contributed by atoms with van der Waals surface area (Å²) in [5.74, 6) is -0.799. The molecule has 3 amide bonds. The van der Waals surface area contributed by atoms with E-state index in [2.05, 4.69) is 10.6 Å². The SMILES string of the molecule is CON(C)C(=O)[C@H](CCC(=O)NC(c1ccccc1)(c1ccccc1)c1ccccc1)NC(=O)OC(C)(C)C. The Kier molecular flexibility index (Phi) is 9.84. The van der Waals surface area contributed by atoms with Crippen LogP contribution < -0.4 is 10.6 Å². The number of carbonyl (C=O) groups excluding carboxylic acids is 3. The van der Waals surface area contributed by atoms with Gasteiger partial charge in [0.05, 0.1) is 7.11 Å². The van der Waals surface area contributed by atoms with E-state index in [-0.39, 0.29) is 18.7 Å². The van der Waals surface area contributed by atoms with Gasteiger partial charge in [0.2, 0.25) is 5.91 Å². The molecule has 0 heterocycles. The van der Waals surface area contributed by atoms with Crippen molar-refractivity contribution in [2.24, 2.45) is 0 Å². The summed E-state index contributed by atoms with van der Waals surface area (Å²) in [7, 11) is 2.79. The third-order valence-electron chi connectivity index (χ3n) is 6.18. The van der Waals surface area contributed by atoms with Gasteiger partial charge in [-0.05, 0) is 43.9 Å². The number of benzene rings is 3. The van der Waals surface area contributed by atoms with Gasteiger partial charge in [0, 0.05) is 13.5 Å². The van der Waals surface area contributed by atoms with Gasteiger partial charge in [-0.25, -0.2) is 9.86 Å². The van der Waals surface area contributed by atoms with Crippen molar-refractivity contribution >= 4 is 17.9 Å². The first kappa shape index (κ1) is 29.4. The van der Waals surface area contributed by atoms with E-state index in [4.69, 9.17) is 9.57 Å². The Morgan fingerprint density at radius 3 is 1.62 bits per heavy atom. The van der Waals surface area contributed by atoms with Crippen LogP contribution in [0, 0.1) is 0 Å². The van der Waals surface area contributed by atoms with Crippen molar-refractivity contribution in [3.8, 4) is 0 Å². The summed E-state index contributed by atoms with van der Waals surface area (Å²) in [6, 6.07) is 28.2. The number of alkyl carbamates (subject to hydrolysis) is 1. The summed E-state index contributed by atoms with van der Waals surface area (Å²) >= 11 is 0. The molecule has 0 aliphatic rings. The molecule has 0 spiro atoms. The molecule has 0 aliphatic carbocycles. The molecule has 0 saturated heterocycles. The molecule has 0 radical (unpaired) electrons. The molecule has 0 aliphatic heterocycles. The molecular formula is C31H37N3O5. The van der Waals surface area contributed by atoms with Crippen LogP contribution in [0.2, 0.25) is 0 Å². The molecule has 2 N–H and O–H groups in total. The Morgan fingerprint density at radius 1 is 0.795 bits per heavy atom. The van der Waals surface area contributed by atoms with E-state index in [0.29, 0.717) is 0 Å². The molecule has 0 bridgehead atoms. The van der Waals surface area contributed by atoms with E-state index in [0.717, 1.165) is 21.8 Å². The van der Waals surface area contributed by atoms with E-state index >= 15 is 0 Å². The predicted molar refractivity (Wildman–Crippen MR) is 150 cm³/mol. The maximum atomic E-state index is 13.6. The average molecular weight is 532 g/mol. The largest absolute Gasteiger partial charge is 0.444 e. The Morgan fingerprint density at radius 2 is 1.23 bits per heavy atom. The zero-order chi connectivity index (χ0) is 28.5. The number of nitrogens with zero attached hydrogens (tertiary/aromatic N) is 1. The van der Waals surface area contributed by atoms with E-state index in [9.17, 15) is 14.4 Å². The van der Waals surface area contributed by atoms with Gasteiger partial charge < -0.3 is 15.4 Å². The smallest absolute Gasteiger partial charge is 0.408 e. The standard InChI is InChI=1S/C31H37N3O5/c1-30(2,3)39-29(37)32-26(28(36)34(4)38-5)21-22-27(35)33-31(23-15-9-6-10-16-23,24-17-11-7-12-18-24)25-19-13-8-14-20-25/h6-20,26H,21-22H2,1-5H3,(H,32,37)(H,33,35)/t26-/m0/s1. The molecular weight excluding hydrogens is 494 g/mol. The van der Waals surface area contributed by atoms with Crippen LogP contribution in [-0.4, -0.2) is 48.8 Å². The lowest BCUT2D eigenvalue weighted by molar-refractivity contribution is -0.171. The molecule has 0 saturated carbocycles. The maximum absolute atomic E-state index is 13.6. The molecule has 3 aromatic rings. The summed E-state index contributed by atoms with van der Waals surface area (Å²) in [6.07, 6.45) is -0.762. The molecule has 8 nitrogen and oxygen atoms in total. The van der Waals surface area contributed by atoms with E-state index < -0.39 is 29.2 Å². The number of rotatable bonds is 10. The fraction of sp³-hybridized carbons (Fsp3) is 0.323. The normalized spacial score (nSPS) is 12.2. The maximum Gasteiger partial charge on any atom is 0.408 e. The second-order valence-corrected chi connectivity index (χ2v) is 10.2. The number of hydrogen-bond donors (Lipinski definition) is 2. The Hall–Kier alpha value is -4.17. The number of ether oxygens (including phenoxy) is 1. The lowest BCUT2D eigenvalue weighted by Crippen LogP contribution is -2.50. The zero-order valence-corrected chi connectivity index (χ0v) is 23.1. The van der Waals surface area contributed by atoms with E-state index in [1.54, 1.807) is 20.8 Å². The number of likely N-dealkylation sites (N-methyl/N-ethyl adjacent to an activating group) is 1. The van der Waals surface area contributed by atoms with Gasteiger partial charge in [-0.15, -0.1) is 0 Å². The highest BCUT2D eigenvalue weighted by Crippen LogP contribution is 2.36. The molecule has 0 unspecified atom stereocenters. The highest BCUT2D eigenvalue weighted by atomic mass is 16.7. The summed E-state index contributed by atoms with van der Waals surface area (Å²) in [5, 5.41) is 6.87. The van der Waals surface area contributed by atoms with Crippen molar-refractivity contribution in [2.75, 3.05) is 14.2 Å². The predicted octanol–water partition coefficient (Wildman–Crippen LogP) is 4.79. The van der Waals surface area contributed by atoms with Gasteiger partial charge in [-0.3, -0.25) is 14.4 Å². The van der Waals surface area contributed by atoms with Crippen LogP contribution >= 0.6 is 0 Å². The van der Waals surface area contributed by atoms with Crippen LogP contribution in [0.25, 0.3) is 0 Å². The van der Waals surface area contributed by atoms with Gasteiger partial charge >= 0.3 is 6.09 Å². The van der Waals surface area contributed by atoms with Crippen molar-refractivity contribution in [3.63, 3.8) is 0 Å². The van der Waals surface area contributed by atoms with Crippen molar-refractivity contribution in [3.05, 3.63) is 108 Å². The fourth-order valence-electron chi connectivity index (χ4n) is 4.34. The second kappa shape index (κ2) is 13.1. The van der Waals surface area contributed by atoms with Gasteiger partial charge in [-0.2, -0.15) is 0 Å². The Balaban J connectivity index is 1.93. The highest BCUT2D eigenvalue weighted by molar-refractivity contribution is 5.86. The van der Waals surface area contributed by atoms with E-state index in [1.165, 1.54) is 14.2 Å². The molecule has 0 fully saturated rings. The van der Waals surface area contributed by atoms with Crippen molar-refractivity contribution in [2.45, 2.75) is 50.8 Å². The molecule has 3 rings (SSSR count). The molecule has 0 aromatic heterocycles. The monoisotopic (exact) mass is 531 g/mol. The van der Waals surface area contributed by atoms with Crippen LogP contribution in [-0.2, 0) is 24.7 Å². The average Bonchev–Trinajstić information content (AvgIpc) is 2.93. The van der Waals surface area contributed by atoms with Crippen LogP contribution in [0.5, 0.6) is 0 Å². The van der Waals surface area contributed by atoms with Crippen molar-refractivity contribution in [1.82, 2.24) is 15.7 Å². The van der Waals surface area contributed by atoms with Gasteiger partial charge in [0.1, 0.15) is 17.2 Å². The Bertz CT molecular complexity index is 1130. The first-order valence-electron chi connectivity index (χ1n) is 12.9. The lowest BCUT2D eigenvalue weighted by atomic mass is 9.77. The second-order valence-electron chi connectivity index (χ2n) is 10.2. The summed E-state index contributed by atoms with van der Waals surface area (Å²) in [6.45, 7) is 5.19. The topological polar surface area (TPSA) is 97.0 Å². The Labute approximate surface area is 230 Å². The minimum atomic E-state index is -1.03. The lowest BCUT2D eigenvalue weighted by Gasteiger charge is -2.37. The zero-order valence-electron chi connectivity index (χ0n) is 23.1. The molecule has 8 heteroatoms. The minimum absolute atomic E-state index is 0.0338. The fourth-order valence-corrected chi connectivity index (χ4v) is 4.34. The van der Waals surface area contributed by atoms with Crippen LogP contribution in [0.1, 0.15) is 50.3 Å². The first-order chi connectivity index (χ1) is 18.6. The van der Waals surface area contributed by atoms with Gasteiger partial charge in [0.25, 0.3) is 5.91 Å². The van der Waals surface area contributed by atoms with Crippen LogP contribution in [0.4, 0.5) is 4.79 Å².